The predicted molar refractivity (Wildman–Crippen MR) is 91.2 cm³/mol. The van der Waals surface area contributed by atoms with Gasteiger partial charge < -0.3 is 5.32 Å². The van der Waals surface area contributed by atoms with Gasteiger partial charge in [-0.15, -0.1) is 11.3 Å². The molecule has 0 aliphatic rings. The molecule has 0 saturated heterocycles. The maximum absolute atomic E-state index is 12.2. The summed E-state index contributed by atoms with van der Waals surface area (Å²) < 4.78 is 0. The maximum atomic E-state index is 12.2. The van der Waals surface area contributed by atoms with Gasteiger partial charge in [0.25, 0.3) is 11.8 Å². The third-order valence-electron chi connectivity index (χ3n) is 3.11. The van der Waals surface area contributed by atoms with Crippen molar-refractivity contribution in [1.82, 2.24) is 21.2 Å². The van der Waals surface area contributed by atoms with Crippen LogP contribution in [0.1, 0.15) is 28.7 Å². The van der Waals surface area contributed by atoms with Crippen molar-refractivity contribution in [3.8, 4) is 10.6 Å². The zero-order valence-electron chi connectivity index (χ0n) is 13.4. The fourth-order valence-corrected chi connectivity index (χ4v) is 2.81. The van der Waals surface area contributed by atoms with Gasteiger partial charge in [-0.05, 0) is 6.92 Å². The first-order valence-corrected chi connectivity index (χ1v) is 8.21. The number of thiazole rings is 1. The van der Waals surface area contributed by atoms with Crippen LogP contribution in [0.3, 0.4) is 0 Å². The molecule has 7 nitrogen and oxygen atoms in total. The van der Waals surface area contributed by atoms with Crippen LogP contribution in [0.4, 0.5) is 0 Å². The van der Waals surface area contributed by atoms with Crippen molar-refractivity contribution < 1.29 is 14.4 Å². The highest BCUT2D eigenvalue weighted by molar-refractivity contribution is 7.17. The van der Waals surface area contributed by atoms with Crippen LogP contribution < -0.4 is 16.2 Å². The van der Waals surface area contributed by atoms with Crippen LogP contribution in [0.5, 0.6) is 0 Å². The standard InChI is InChI=1S/C16H18N4O3S/c1-3-12(21)17-9-13(22)19-20-15(23)14-10(2)18-16(24-14)11-7-5-4-6-8-11/h4-8H,3,9H2,1-2H3,(H,17,21)(H,19,22)(H,20,23). The quantitative estimate of drug-likeness (QED) is 0.713. The third-order valence-corrected chi connectivity index (χ3v) is 4.31. The average Bonchev–Trinajstić information content (AvgIpc) is 3.00. The number of hydrogen-bond acceptors (Lipinski definition) is 5. The van der Waals surface area contributed by atoms with Crippen LogP contribution in [-0.4, -0.2) is 29.3 Å². The molecule has 1 aromatic carbocycles. The van der Waals surface area contributed by atoms with Crippen molar-refractivity contribution in [2.45, 2.75) is 20.3 Å². The van der Waals surface area contributed by atoms with Crippen molar-refractivity contribution >= 4 is 29.1 Å². The summed E-state index contributed by atoms with van der Waals surface area (Å²) in [6.45, 7) is 3.23. The SMILES string of the molecule is CCC(=O)NCC(=O)NNC(=O)c1sc(-c2ccccc2)nc1C. The summed E-state index contributed by atoms with van der Waals surface area (Å²) in [6, 6.07) is 9.54. The van der Waals surface area contributed by atoms with Crippen molar-refractivity contribution in [2.24, 2.45) is 0 Å². The van der Waals surface area contributed by atoms with E-state index in [0.717, 1.165) is 10.6 Å². The minimum atomic E-state index is -0.504. The molecule has 3 N–H and O–H groups in total. The molecule has 0 unspecified atom stereocenters. The predicted octanol–water partition coefficient (Wildman–Crippen LogP) is 1.41. The summed E-state index contributed by atoms with van der Waals surface area (Å²) >= 11 is 1.25. The lowest BCUT2D eigenvalue weighted by Crippen LogP contribution is -2.46. The second kappa shape index (κ2) is 8.21. The maximum Gasteiger partial charge on any atom is 0.281 e. The van der Waals surface area contributed by atoms with Crippen molar-refractivity contribution in [2.75, 3.05) is 6.54 Å². The van der Waals surface area contributed by atoms with Gasteiger partial charge in [0.05, 0.1) is 12.2 Å². The van der Waals surface area contributed by atoms with E-state index in [1.54, 1.807) is 13.8 Å². The van der Waals surface area contributed by atoms with Crippen LogP contribution in [-0.2, 0) is 9.59 Å². The highest BCUT2D eigenvalue weighted by Crippen LogP contribution is 2.27. The molecule has 126 valence electrons. The molecule has 0 spiro atoms. The Morgan fingerprint density at radius 2 is 1.79 bits per heavy atom. The minimum Gasteiger partial charge on any atom is -0.347 e. The van der Waals surface area contributed by atoms with Gasteiger partial charge in [0.2, 0.25) is 5.91 Å². The number of rotatable bonds is 5. The summed E-state index contributed by atoms with van der Waals surface area (Å²) in [6.07, 6.45) is 0.294. The van der Waals surface area contributed by atoms with E-state index in [0.29, 0.717) is 17.0 Å². The van der Waals surface area contributed by atoms with E-state index in [1.807, 2.05) is 30.3 Å². The molecule has 1 aromatic heterocycles. The molecule has 0 atom stereocenters. The van der Waals surface area contributed by atoms with Gasteiger partial charge >= 0.3 is 0 Å². The Labute approximate surface area is 143 Å². The molecule has 8 heteroatoms. The van der Waals surface area contributed by atoms with Crippen molar-refractivity contribution in [1.29, 1.82) is 0 Å². The number of benzene rings is 1. The van der Waals surface area contributed by atoms with Gasteiger partial charge in [-0.25, -0.2) is 4.98 Å². The van der Waals surface area contributed by atoms with E-state index in [-0.39, 0.29) is 12.5 Å². The number of aryl methyl sites for hydroxylation is 1. The molecular formula is C16H18N4O3S. The fraction of sp³-hybridized carbons (Fsp3) is 0.250. The van der Waals surface area contributed by atoms with Crippen LogP contribution in [0, 0.1) is 6.92 Å². The third kappa shape index (κ3) is 4.63. The normalized spacial score (nSPS) is 10.1. The monoisotopic (exact) mass is 346 g/mol. The summed E-state index contributed by atoms with van der Waals surface area (Å²) in [5.74, 6) is -1.18. The van der Waals surface area contributed by atoms with Crippen molar-refractivity contribution in [3.05, 3.63) is 40.9 Å². The molecule has 1 heterocycles. The number of carbonyl (C=O) groups is 3. The lowest BCUT2D eigenvalue weighted by Gasteiger charge is -2.07. The minimum absolute atomic E-state index is 0.191. The number of aromatic nitrogens is 1. The number of hydrogen-bond donors (Lipinski definition) is 3. The highest BCUT2D eigenvalue weighted by atomic mass is 32.1. The lowest BCUT2D eigenvalue weighted by molar-refractivity contribution is -0.126. The van der Waals surface area contributed by atoms with E-state index >= 15 is 0 Å². The Hall–Kier alpha value is -2.74. The number of amides is 3. The summed E-state index contributed by atoms with van der Waals surface area (Å²) in [5, 5.41) is 3.16. The van der Waals surface area contributed by atoms with Gasteiger partial charge in [0, 0.05) is 12.0 Å². The largest absolute Gasteiger partial charge is 0.347 e. The second-order valence-electron chi connectivity index (χ2n) is 4.93. The van der Waals surface area contributed by atoms with E-state index in [4.69, 9.17) is 0 Å². The Morgan fingerprint density at radius 1 is 1.08 bits per heavy atom. The fourth-order valence-electron chi connectivity index (χ4n) is 1.84. The molecule has 0 fully saturated rings. The molecule has 24 heavy (non-hydrogen) atoms. The van der Waals surface area contributed by atoms with Crippen LogP contribution >= 0.6 is 11.3 Å². The number of carbonyl (C=O) groups excluding carboxylic acids is 3. The Bertz CT molecular complexity index is 743. The first-order valence-electron chi connectivity index (χ1n) is 7.40. The number of hydrazine groups is 1. The molecule has 0 bridgehead atoms. The second-order valence-corrected chi connectivity index (χ2v) is 5.93. The Morgan fingerprint density at radius 3 is 2.46 bits per heavy atom. The molecule has 0 aliphatic heterocycles. The van der Waals surface area contributed by atoms with Crippen LogP contribution in [0.15, 0.2) is 30.3 Å². The van der Waals surface area contributed by atoms with Crippen molar-refractivity contribution in [3.63, 3.8) is 0 Å². The molecule has 0 saturated carbocycles. The van der Waals surface area contributed by atoms with E-state index in [9.17, 15) is 14.4 Å². The summed E-state index contributed by atoms with van der Waals surface area (Å²) in [4.78, 5) is 39.6. The highest BCUT2D eigenvalue weighted by Gasteiger charge is 2.16. The lowest BCUT2D eigenvalue weighted by atomic mass is 10.2. The molecule has 3 amide bonds. The summed E-state index contributed by atoms with van der Waals surface area (Å²) in [5.41, 5.74) is 6.10. The molecule has 2 rings (SSSR count). The molecule has 2 aromatic rings. The van der Waals surface area contributed by atoms with Gasteiger partial charge in [-0.2, -0.15) is 0 Å². The zero-order chi connectivity index (χ0) is 17.5. The topological polar surface area (TPSA) is 100 Å². The van der Waals surface area contributed by atoms with Gasteiger partial charge in [-0.1, -0.05) is 37.3 Å². The van der Waals surface area contributed by atoms with E-state index < -0.39 is 11.8 Å². The summed E-state index contributed by atoms with van der Waals surface area (Å²) in [7, 11) is 0. The first-order chi connectivity index (χ1) is 11.5. The van der Waals surface area contributed by atoms with Crippen LogP contribution in [0.25, 0.3) is 10.6 Å². The van der Waals surface area contributed by atoms with E-state index in [2.05, 4.69) is 21.2 Å². The van der Waals surface area contributed by atoms with E-state index in [1.165, 1.54) is 11.3 Å². The van der Waals surface area contributed by atoms with Gasteiger partial charge in [-0.3, -0.25) is 25.2 Å². The molecular weight excluding hydrogens is 328 g/mol. The average molecular weight is 346 g/mol. The first kappa shape index (κ1) is 17.6. The Kier molecular flexibility index (Phi) is 6.02. The van der Waals surface area contributed by atoms with Crippen LogP contribution in [0.2, 0.25) is 0 Å². The van der Waals surface area contributed by atoms with Gasteiger partial charge in [0.1, 0.15) is 9.88 Å². The number of nitrogens with one attached hydrogen (secondary N) is 3. The Balaban J connectivity index is 1.94. The van der Waals surface area contributed by atoms with Gasteiger partial charge in [0.15, 0.2) is 0 Å². The molecule has 0 radical (unpaired) electrons. The molecule has 0 aliphatic carbocycles. The number of nitrogens with zero attached hydrogens (tertiary/aromatic N) is 1. The smallest absolute Gasteiger partial charge is 0.281 e. The zero-order valence-corrected chi connectivity index (χ0v) is 14.2.